The number of nitriles is 1. The molecule has 2 rings (SSSR count). The molecule has 2 N–H and O–H groups in total. The molecule has 0 spiro atoms. The van der Waals surface area contributed by atoms with Crippen LogP contribution in [0.1, 0.15) is 24.0 Å². The summed E-state index contributed by atoms with van der Waals surface area (Å²) < 4.78 is 79.7. The first kappa shape index (κ1) is 24.1. The summed E-state index contributed by atoms with van der Waals surface area (Å²) in [6.45, 7) is -0.955. The molecule has 0 aromatic heterocycles. The number of halogens is 5. The molecule has 0 heterocycles. The molecular formula is C19H18ClF4N3O2S. The largest absolute Gasteiger partial charge is 0.389 e. The fourth-order valence-corrected chi connectivity index (χ4v) is 4.54. The fraction of sp³-hybridized carbons (Fsp3) is 0.316. The van der Waals surface area contributed by atoms with Gasteiger partial charge in [0, 0.05) is 36.1 Å². The van der Waals surface area contributed by atoms with Gasteiger partial charge in [0.2, 0.25) is 10.0 Å². The van der Waals surface area contributed by atoms with Crippen molar-refractivity contribution in [2.75, 3.05) is 6.54 Å². The molecule has 0 radical (unpaired) electrons. The van der Waals surface area contributed by atoms with Crippen LogP contribution in [-0.4, -0.2) is 31.5 Å². The Morgan fingerprint density at radius 2 is 1.80 bits per heavy atom. The molecule has 5 nitrogen and oxygen atoms in total. The highest BCUT2D eigenvalue weighted by atomic mass is 35.5. The van der Waals surface area contributed by atoms with E-state index in [4.69, 9.17) is 22.6 Å². The van der Waals surface area contributed by atoms with Gasteiger partial charge in [-0.05, 0) is 42.8 Å². The van der Waals surface area contributed by atoms with Crippen LogP contribution >= 0.6 is 11.6 Å². The van der Waals surface area contributed by atoms with Crippen LogP contribution in [0.15, 0.2) is 47.4 Å². The minimum absolute atomic E-state index is 0.0239. The highest BCUT2D eigenvalue weighted by molar-refractivity contribution is 7.89. The van der Waals surface area contributed by atoms with Crippen LogP contribution in [0.3, 0.4) is 0 Å². The van der Waals surface area contributed by atoms with E-state index in [9.17, 15) is 26.0 Å². The predicted octanol–water partition coefficient (Wildman–Crippen LogP) is 4.21. The van der Waals surface area contributed by atoms with E-state index in [1.54, 1.807) is 6.07 Å². The molecule has 0 bridgehead atoms. The number of alkyl halides is 3. The Kier molecular flexibility index (Phi) is 7.82. The molecule has 0 saturated heterocycles. The lowest BCUT2D eigenvalue weighted by Gasteiger charge is -2.30. The summed E-state index contributed by atoms with van der Waals surface area (Å²) in [6.07, 6.45) is -6.36. The number of sulfonamides is 1. The summed E-state index contributed by atoms with van der Waals surface area (Å²) in [5.74, 6) is -0.850. The third kappa shape index (κ3) is 6.15. The Labute approximate surface area is 176 Å². The first-order valence-corrected chi connectivity index (χ1v) is 10.5. The highest BCUT2D eigenvalue weighted by Crippen LogP contribution is 2.28. The molecule has 162 valence electrons. The van der Waals surface area contributed by atoms with Gasteiger partial charge >= 0.3 is 6.18 Å². The lowest BCUT2D eigenvalue weighted by Crippen LogP contribution is -2.44. The van der Waals surface area contributed by atoms with Crippen molar-refractivity contribution in [3.05, 3.63) is 64.4 Å². The van der Waals surface area contributed by atoms with Gasteiger partial charge in [-0.2, -0.15) is 22.7 Å². The predicted molar refractivity (Wildman–Crippen MR) is 103 cm³/mol. The summed E-state index contributed by atoms with van der Waals surface area (Å²) in [7, 11) is -4.33. The zero-order valence-electron chi connectivity index (χ0n) is 15.5. The van der Waals surface area contributed by atoms with Gasteiger partial charge in [-0.15, -0.1) is 0 Å². The van der Waals surface area contributed by atoms with E-state index in [0.717, 1.165) is 10.4 Å². The fourth-order valence-electron chi connectivity index (χ4n) is 2.77. The second kappa shape index (κ2) is 9.75. The smallest absolute Gasteiger partial charge is 0.329 e. The van der Waals surface area contributed by atoms with Crippen molar-refractivity contribution >= 4 is 21.6 Å². The number of nitrogens with zero attached hydrogens (tertiary/aromatic N) is 2. The number of hydrogen-bond acceptors (Lipinski definition) is 4. The summed E-state index contributed by atoms with van der Waals surface area (Å²) >= 11 is 5.78. The molecule has 0 aliphatic rings. The topological polar surface area (TPSA) is 87.2 Å². The maximum absolute atomic E-state index is 14.4. The molecule has 0 aliphatic carbocycles. The molecule has 11 heteroatoms. The van der Waals surface area contributed by atoms with Crippen LogP contribution in [0.2, 0.25) is 5.02 Å². The van der Waals surface area contributed by atoms with E-state index in [2.05, 4.69) is 0 Å². The molecule has 2 aromatic carbocycles. The van der Waals surface area contributed by atoms with Crippen LogP contribution in [0.5, 0.6) is 0 Å². The van der Waals surface area contributed by atoms with E-state index in [0.29, 0.717) is 0 Å². The van der Waals surface area contributed by atoms with Crippen molar-refractivity contribution in [3.8, 4) is 6.07 Å². The van der Waals surface area contributed by atoms with Crippen LogP contribution in [-0.2, 0) is 16.6 Å². The van der Waals surface area contributed by atoms with Gasteiger partial charge in [-0.1, -0.05) is 17.7 Å². The zero-order valence-corrected chi connectivity index (χ0v) is 17.1. The third-order valence-electron chi connectivity index (χ3n) is 4.37. The summed E-state index contributed by atoms with van der Waals surface area (Å²) in [4.78, 5) is -0.216. The number of benzene rings is 2. The van der Waals surface area contributed by atoms with Crippen LogP contribution in [0, 0.1) is 17.1 Å². The molecule has 30 heavy (non-hydrogen) atoms. The van der Waals surface area contributed by atoms with Crippen LogP contribution in [0.4, 0.5) is 17.6 Å². The highest BCUT2D eigenvalue weighted by Gasteiger charge is 2.35. The second-order valence-electron chi connectivity index (χ2n) is 6.47. The number of hydrogen-bond donors (Lipinski definition) is 1. The normalized spacial score (nSPS) is 13.3. The van der Waals surface area contributed by atoms with E-state index < -0.39 is 54.0 Å². The van der Waals surface area contributed by atoms with Gasteiger partial charge in [0.1, 0.15) is 5.82 Å². The van der Waals surface area contributed by atoms with Crippen LogP contribution < -0.4 is 5.73 Å². The molecular weight excluding hydrogens is 446 g/mol. The number of nitrogens with two attached hydrogens (primary N) is 1. The average molecular weight is 464 g/mol. The monoisotopic (exact) mass is 463 g/mol. The van der Waals surface area contributed by atoms with Gasteiger partial charge < -0.3 is 5.73 Å². The lowest BCUT2D eigenvalue weighted by molar-refractivity contribution is -0.137. The Hall–Kier alpha value is -2.19. The van der Waals surface area contributed by atoms with Crippen molar-refractivity contribution < 1.29 is 26.0 Å². The lowest BCUT2D eigenvalue weighted by atomic mass is 10.1. The summed E-state index contributed by atoms with van der Waals surface area (Å²) in [5.41, 5.74) is 5.53. The quantitative estimate of drug-likeness (QED) is 0.594. The molecule has 0 amide bonds. The Morgan fingerprint density at radius 1 is 1.17 bits per heavy atom. The minimum Gasteiger partial charge on any atom is -0.329 e. The average Bonchev–Trinajstić information content (AvgIpc) is 2.68. The van der Waals surface area contributed by atoms with E-state index in [-0.39, 0.29) is 21.0 Å². The van der Waals surface area contributed by atoms with Gasteiger partial charge in [-0.25, -0.2) is 12.8 Å². The molecule has 2 aromatic rings. The molecule has 0 saturated carbocycles. The number of rotatable bonds is 8. The van der Waals surface area contributed by atoms with E-state index >= 15 is 0 Å². The maximum atomic E-state index is 14.4. The second-order valence-corrected chi connectivity index (χ2v) is 8.79. The van der Waals surface area contributed by atoms with Gasteiger partial charge in [0.05, 0.1) is 16.5 Å². The SMILES string of the molecule is N#Cc1ccc(CN([C@@H](CN)CCC(F)(F)F)S(=O)(=O)c2ccc(Cl)cc2)c(F)c1. The summed E-state index contributed by atoms with van der Waals surface area (Å²) in [5, 5.41) is 9.12. The molecule has 0 unspecified atom stereocenters. The third-order valence-corrected chi connectivity index (χ3v) is 6.53. The Bertz CT molecular complexity index is 1020. The van der Waals surface area contributed by atoms with Crippen molar-refractivity contribution in [1.82, 2.24) is 4.31 Å². The minimum atomic E-state index is -4.51. The van der Waals surface area contributed by atoms with Gasteiger partial charge in [-0.3, -0.25) is 0 Å². The van der Waals surface area contributed by atoms with Crippen molar-refractivity contribution in [3.63, 3.8) is 0 Å². The maximum Gasteiger partial charge on any atom is 0.389 e. The Morgan fingerprint density at radius 3 is 2.30 bits per heavy atom. The Balaban J connectivity index is 2.48. The first-order chi connectivity index (χ1) is 14.0. The van der Waals surface area contributed by atoms with Gasteiger partial charge in [0.25, 0.3) is 0 Å². The van der Waals surface area contributed by atoms with Crippen molar-refractivity contribution in [2.24, 2.45) is 5.73 Å². The van der Waals surface area contributed by atoms with Crippen molar-refractivity contribution in [1.29, 1.82) is 5.26 Å². The zero-order chi connectivity index (χ0) is 22.5. The van der Waals surface area contributed by atoms with Crippen LogP contribution in [0.25, 0.3) is 0 Å². The van der Waals surface area contributed by atoms with Crippen molar-refractivity contribution in [2.45, 2.75) is 36.5 Å². The van der Waals surface area contributed by atoms with Gasteiger partial charge in [0.15, 0.2) is 0 Å². The van der Waals surface area contributed by atoms with E-state index in [1.165, 1.54) is 36.4 Å². The standard InChI is InChI=1S/C19H18ClF4N3O2S/c20-15-3-5-17(6-4-15)30(28,29)27(16(11-26)7-8-19(22,23)24)12-14-2-1-13(10-25)9-18(14)21/h1-6,9,16H,7-8,11-12,26H2/t16-/m1/s1. The molecule has 0 aliphatic heterocycles. The molecule has 0 fully saturated rings. The molecule has 1 atom stereocenters. The summed E-state index contributed by atoms with van der Waals surface area (Å²) in [6, 6.07) is 9.01. The van der Waals surface area contributed by atoms with E-state index in [1.807, 2.05) is 0 Å². The first-order valence-electron chi connectivity index (χ1n) is 8.70.